The Kier molecular flexibility index (Phi) is 27.7. The Balaban J connectivity index is 2.37. The lowest BCUT2D eigenvalue weighted by Gasteiger charge is -2.23. The van der Waals surface area contributed by atoms with Crippen molar-refractivity contribution in [3.63, 3.8) is 0 Å². The zero-order valence-electron chi connectivity index (χ0n) is 31.7. The molecular weight excluding hydrogens is 618 g/mol. The lowest BCUT2D eigenvalue weighted by atomic mass is 10.0. The molecule has 1 aromatic carbocycles. The van der Waals surface area contributed by atoms with Crippen LogP contribution in [0, 0.1) is 0 Å². The van der Waals surface area contributed by atoms with Gasteiger partial charge in [-0.1, -0.05) is 117 Å². The summed E-state index contributed by atoms with van der Waals surface area (Å²) in [5, 5.41) is 14.8. The molecular formula is C40H73N3O6. The van der Waals surface area contributed by atoms with Crippen LogP contribution in [0.4, 0.5) is 11.4 Å². The summed E-state index contributed by atoms with van der Waals surface area (Å²) in [6.45, 7) is 7.79. The Hall–Kier alpha value is -2.42. The zero-order chi connectivity index (χ0) is 36.0. The average molecular weight is 692 g/mol. The third-order valence-corrected chi connectivity index (χ3v) is 9.67. The van der Waals surface area contributed by atoms with Gasteiger partial charge in [-0.25, -0.2) is 0 Å². The monoisotopic (exact) mass is 692 g/mol. The first-order valence-corrected chi connectivity index (χ1v) is 20.2. The van der Waals surface area contributed by atoms with Gasteiger partial charge in [0.2, 0.25) is 0 Å². The Morgan fingerprint density at radius 3 is 1.57 bits per heavy atom. The van der Waals surface area contributed by atoms with E-state index in [2.05, 4.69) is 29.4 Å². The van der Waals surface area contributed by atoms with Gasteiger partial charge in [0.1, 0.15) is 17.5 Å². The number of nitrogens with one attached hydrogen (secondary N) is 2. The summed E-state index contributed by atoms with van der Waals surface area (Å²) in [4.78, 5) is 49.5. The van der Waals surface area contributed by atoms with Crippen molar-refractivity contribution in [3.05, 3.63) is 20.4 Å². The number of unbranched alkanes of at least 4 members (excludes halogenated alkanes) is 18. The summed E-state index contributed by atoms with van der Waals surface area (Å²) in [6.07, 6.45) is 28.0. The van der Waals surface area contributed by atoms with Crippen LogP contribution in [-0.4, -0.2) is 61.3 Å². The summed E-state index contributed by atoms with van der Waals surface area (Å²) >= 11 is 0. The van der Waals surface area contributed by atoms with Crippen LogP contribution >= 0.6 is 0 Å². The largest absolute Gasteiger partial charge is 0.481 e. The summed E-state index contributed by atoms with van der Waals surface area (Å²) in [7, 11) is 1.65. The number of anilines is 2. The molecule has 9 heteroatoms. The van der Waals surface area contributed by atoms with Crippen LogP contribution in [0.15, 0.2) is 9.59 Å². The minimum absolute atomic E-state index is 0.0215. The van der Waals surface area contributed by atoms with Gasteiger partial charge in [0.15, 0.2) is 0 Å². The molecule has 1 aromatic rings. The lowest BCUT2D eigenvalue weighted by molar-refractivity contribution is -0.150. The predicted octanol–water partition coefficient (Wildman–Crippen LogP) is 9.22. The van der Waals surface area contributed by atoms with Crippen molar-refractivity contribution in [2.24, 2.45) is 0 Å². The van der Waals surface area contributed by atoms with Crippen LogP contribution in [0.1, 0.15) is 181 Å². The van der Waals surface area contributed by atoms with Gasteiger partial charge in [0, 0.05) is 33.0 Å². The highest BCUT2D eigenvalue weighted by atomic mass is 16.5. The molecule has 284 valence electrons. The lowest BCUT2D eigenvalue weighted by Crippen LogP contribution is -2.38. The number of nitrogens with zero attached hydrogens (tertiary/aromatic N) is 1. The molecule has 0 saturated carbocycles. The van der Waals surface area contributed by atoms with Gasteiger partial charge in [-0.2, -0.15) is 0 Å². The van der Waals surface area contributed by atoms with Crippen LogP contribution < -0.4 is 21.5 Å². The number of carboxylic acid groups (broad SMARTS) is 1. The molecule has 0 saturated heterocycles. The van der Waals surface area contributed by atoms with Crippen molar-refractivity contribution < 1.29 is 19.4 Å². The van der Waals surface area contributed by atoms with Crippen molar-refractivity contribution in [2.45, 2.75) is 187 Å². The first-order valence-electron chi connectivity index (χ1n) is 20.2. The first kappa shape index (κ1) is 44.6. The van der Waals surface area contributed by atoms with Crippen molar-refractivity contribution in [1.29, 1.82) is 0 Å². The molecule has 0 unspecified atom stereocenters. The average Bonchev–Trinajstić information content (AvgIpc) is 3.08. The van der Waals surface area contributed by atoms with E-state index in [1.165, 1.54) is 64.2 Å². The fourth-order valence-corrected chi connectivity index (χ4v) is 6.56. The molecule has 0 amide bonds. The molecule has 49 heavy (non-hydrogen) atoms. The first-order chi connectivity index (χ1) is 23.8. The van der Waals surface area contributed by atoms with Crippen molar-refractivity contribution in [2.75, 3.05) is 43.9 Å². The summed E-state index contributed by atoms with van der Waals surface area (Å²) in [5.74, 6) is -0.750. The molecule has 9 nitrogen and oxygen atoms in total. The second-order valence-electron chi connectivity index (χ2n) is 14.1. The Labute approximate surface area is 298 Å². The number of esters is 1. The molecule has 3 N–H and O–H groups in total. The number of hydrogen-bond acceptors (Lipinski definition) is 8. The van der Waals surface area contributed by atoms with E-state index >= 15 is 0 Å². The van der Waals surface area contributed by atoms with Crippen molar-refractivity contribution in [3.8, 4) is 0 Å². The van der Waals surface area contributed by atoms with E-state index in [1.54, 1.807) is 7.05 Å². The maximum Gasteiger partial charge on any atom is 0.306 e. The van der Waals surface area contributed by atoms with Gasteiger partial charge in [-0.05, 0) is 64.5 Å². The molecule has 0 bridgehead atoms. The predicted molar refractivity (Wildman–Crippen MR) is 205 cm³/mol. The summed E-state index contributed by atoms with van der Waals surface area (Å²) < 4.78 is 6.01. The van der Waals surface area contributed by atoms with E-state index in [-0.39, 0.29) is 18.5 Å². The zero-order valence-corrected chi connectivity index (χ0v) is 31.7. The number of aliphatic carboxylic acids is 1. The quantitative estimate of drug-likeness (QED) is 0.0359. The number of ether oxygens (including phenoxy) is 1. The minimum atomic E-state index is -0.729. The number of carboxylic acids is 1. The van der Waals surface area contributed by atoms with Crippen LogP contribution in [-0.2, 0) is 14.3 Å². The third kappa shape index (κ3) is 22.8. The van der Waals surface area contributed by atoms with Crippen LogP contribution in [0.2, 0.25) is 0 Å². The summed E-state index contributed by atoms with van der Waals surface area (Å²) in [5.41, 5.74) is -0.153. The van der Waals surface area contributed by atoms with E-state index in [9.17, 15) is 19.2 Å². The molecule has 0 spiro atoms. The van der Waals surface area contributed by atoms with Gasteiger partial charge in [0.25, 0.3) is 10.9 Å². The molecule has 0 aliphatic carbocycles. The molecule has 0 fully saturated rings. The van der Waals surface area contributed by atoms with Crippen LogP contribution in [0.5, 0.6) is 0 Å². The molecule has 0 atom stereocenters. The van der Waals surface area contributed by atoms with Gasteiger partial charge in [-0.15, -0.1) is 0 Å². The van der Waals surface area contributed by atoms with E-state index in [0.29, 0.717) is 24.3 Å². The van der Waals surface area contributed by atoms with Crippen molar-refractivity contribution >= 4 is 23.3 Å². The van der Waals surface area contributed by atoms with E-state index in [1.807, 2.05) is 0 Å². The van der Waals surface area contributed by atoms with Crippen LogP contribution in [0.25, 0.3) is 0 Å². The molecule has 0 radical (unpaired) electrons. The fraction of sp³-hybridized carbons (Fsp3) is 0.850. The van der Waals surface area contributed by atoms with Gasteiger partial charge in [0.05, 0.1) is 0 Å². The molecule has 0 heterocycles. The Bertz CT molecular complexity index is 1020. The molecule has 1 rings (SSSR count). The highest BCUT2D eigenvalue weighted by Crippen LogP contribution is 2.19. The maximum absolute atomic E-state index is 12.7. The van der Waals surface area contributed by atoms with E-state index < -0.39 is 16.8 Å². The fourth-order valence-electron chi connectivity index (χ4n) is 6.56. The van der Waals surface area contributed by atoms with E-state index in [0.717, 1.165) is 110 Å². The standard InChI is InChI=1S/C40H73N3O6/c1-4-6-8-10-14-20-26-34(27-21-15-11-9-7-5-2)49-36(46)29-23-17-13-19-25-32-43(31-24-18-12-16-22-28-35(44)45)33-30-42-38-37(41-3)39(47)40(38)48/h34,41-42H,4-33H2,1-3H3,(H,44,45). The normalized spacial score (nSPS) is 11.5. The maximum atomic E-state index is 12.7. The minimum Gasteiger partial charge on any atom is -0.481 e. The topological polar surface area (TPSA) is 125 Å². The number of carbonyl (C=O) groups is 2. The number of carbonyl (C=O) groups excluding carboxylic acids is 1. The SMILES string of the molecule is CCCCCCCCC(CCCCCCCC)OC(=O)CCCCCCCN(CCCCCCCC(=O)O)CCNc1c(NC)c(=O)c1=O. The highest BCUT2D eigenvalue weighted by Gasteiger charge is 2.19. The smallest absolute Gasteiger partial charge is 0.306 e. The molecule has 0 aromatic heterocycles. The second-order valence-corrected chi connectivity index (χ2v) is 14.1. The Morgan fingerprint density at radius 2 is 1.06 bits per heavy atom. The number of hydrogen-bond donors (Lipinski definition) is 3. The van der Waals surface area contributed by atoms with E-state index in [4.69, 9.17) is 9.84 Å². The number of rotatable bonds is 36. The third-order valence-electron chi connectivity index (χ3n) is 9.67. The molecule has 0 aliphatic rings. The second kappa shape index (κ2) is 30.4. The van der Waals surface area contributed by atoms with Gasteiger partial charge >= 0.3 is 11.9 Å². The van der Waals surface area contributed by atoms with Crippen molar-refractivity contribution in [1.82, 2.24) is 4.90 Å². The van der Waals surface area contributed by atoms with Crippen LogP contribution in [0.3, 0.4) is 0 Å². The highest BCUT2D eigenvalue weighted by molar-refractivity contribution is 5.73. The van der Waals surface area contributed by atoms with Gasteiger partial charge < -0.3 is 25.4 Å². The van der Waals surface area contributed by atoms with Gasteiger partial charge in [-0.3, -0.25) is 19.2 Å². The molecule has 0 aliphatic heterocycles. The summed E-state index contributed by atoms with van der Waals surface area (Å²) in [6, 6.07) is 0. The Morgan fingerprint density at radius 1 is 0.612 bits per heavy atom.